The van der Waals surface area contributed by atoms with E-state index in [1.54, 1.807) is 12.0 Å². The highest BCUT2D eigenvalue weighted by Gasteiger charge is 2.43. The van der Waals surface area contributed by atoms with E-state index in [1.165, 1.54) is 0 Å². The van der Waals surface area contributed by atoms with Gasteiger partial charge in [0.05, 0.1) is 37.3 Å². The van der Waals surface area contributed by atoms with Crippen molar-refractivity contribution >= 4 is 16.9 Å². The van der Waals surface area contributed by atoms with E-state index in [1.807, 2.05) is 82.3 Å². The van der Waals surface area contributed by atoms with Crippen LogP contribution < -0.4 is 19.6 Å². The molecule has 0 N–H and O–H groups in total. The van der Waals surface area contributed by atoms with Crippen LogP contribution in [0.5, 0.6) is 17.2 Å². The Kier molecular flexibility index (Phi) is 6.85. The number of hydrogen-bond donors (Lipinski definition) is 0. The van der Waals surface area contributed by atoms with Crippen LogP contribution in [-0.2, 0) is 6.54 Å². The zero-order valence-electron chi connectivity index (χ0n) is 22.3. The number of ether oxygens (including phenoxy) is 3. The van der Waals surface area contributed by atoms with Crippen LogP contribution in [0.2, 0.25) is 0 Å². The Bertz CT molecular complexity index is 1570. The van der Waals surface area contributed by atoms with E-state index in [9.17, 15) is 9.59 Å². The van der Waals surface area contributed by atoms with Gasteiger partial charge in [0.2, 0.25) is 5.76 Å². The molecule has 1 atom stereocenters. The molecule has 0 saturated heterocycles. The van der Waals surface area contributed by atoms with E-state index < -0.39 is 6.04 Å². The summed E-state index contributed by atoms with van der Waals surface area (Å²) < 4.78 is 23.1. The molecule has 4 aromatic rings. The molecule has 196 valence electrons. The minimum Gasteiger partial charge on any atom is -0.497 e. The second-order valence-electron chi connectivity index (χ2n) is 9.39. The topological polar surface area (TPSA) is 78.2 Å². The van der Waals surface area contributed by atoms with Gasteiger partial charge < -0.3 is 23.5 Å². The van der Waals surface area contributed by atoms with Gasteiger partial charge in [0.1, 0.15) is 11.3 Å². The molecule has 0 bridgehead atoms. The molecule has 0 fully saturated rings. The van der Waals surface area contributed by atoms with Crippen molar-refractivity contribution < 1.29 is 23.4 Å². The van der Waals surface area contributed by atoms with E-state index in [-0.39, 0.29) is 23.6 Å². The average Bonchev–Trinajstić information content (AvgIpc) is 3.18. The van der Waals surface area contributed by atoms with Crippen LogP contribution >= 0.6 is 0 Å². The summed E-state index contributed by atoms with van der Waals surface area (Å²) in [6.07, 6.45) is 0. The summed E-state index contributed by atoms with van der Waals surface area (Å²) in [4.78, 5) is 29.6. The third kappa shape index (κ3) is 4.38. The van der Waals surface area contributed by atoms with Gasteiger partial charge in [0.15, 0.2) is 16.9 Å². The summed E-state index contributed by atoms with van der Waals surface area (Å²) in [5, 5.41) is 0.473. The molecule has 1 amide bonds. The number of amides is 1. The van der Waals surface area contributed by atoms with E-state index in [0.29, 0.717) is 41.2 Å². The molecule has 0 radical (unpaired) electrons. The molecule has 1 aromatic heterocycles. The van der Waals surface area contributed by atoms with E-state index >= 15 is 0 Å². The molecule has 1 unspecified atom stereocenters. The molecule has 3 aromatic carbocycles. The number of methoxy groups -OCH3 is 1. The first-order chi connectivity index (χ1) is 18.4. The molecular formula is C31H31NO6. The van der Waals surface area contributed by atoms with Crippen LogP contribution in [0.25, 0.3) is 11.0 Å². The predicted molar refractivity (Wildman–Crippen MR) is 145 cm³/mol. The molecule has 38 heavy (non-hydrogen) atoms. The van der Waals surface area contributed by atoms with Gasteiger partial charge in [0.25, 0.3) is 5.91 Å². The lowest BCUT2D eigenvalue weighted by atomic mass is 9.96. The van der Waals surface area contributed by atoms with Crippen LogP contribution in [-0.4, -0.2) is 31.1 Å². The Balaban J connectivity index is 1.71. The van der Waals surface area contributed by atoms with Crippen molar-refractivity contribution in [3.05, 3.63) is 98.4 Å². The SMILES string of the molecule is CCOc1ccc(C2c3c(oc4c(C)cc(C)cc4c3=O)C(=O)N2Cc2ccc(OC)cc2)cc1OCC. The van der Waals surface area contributed by atoms with Crippen molar-refractivity contribution in [1.82, 2.24) is 4.90 Å². The second kappa shape index (κ2) is 10.2. The van der Waals surface area contributed by atoms with Gasteiger partial charge in [-0.25, -0.2) is 0 Å². The number of nitrogens with zero attached hydrogens (tertiary/aromatic N) is 1. The Morgan fingerprint density at radius 1 is 0.895 bits per heavy atom. The zero-order valence-corrected chi connectivity index (χ0v) is 22.3. The number of fused-ring (bicyclic) bond motifs is 2. The maximum Gasteiger partial charge on any atom is 0.291 e. The number of carbonyl (C=O) groups excluding carboxylic acids is 1. The maximum absolute atomic E-state index is 14.0. The number of carbonyl (C=O) groups is 1. The van der Waals surface area contributed by atoms with Crippen LogP contribution in [0.15, 0.2) is 63.8 Å². The molecule has 2 heterocycles. The normalized spacial score (nSPS) is 14.6. The Morgan fingerprint density at radius 2 is 1.61 bits per heavy atom. The molecule has 0 saturated carbocycles. The third-order valence-electron chi connectivity index (χ3n) is 6.79. The minimum absolute atomic E-state index is 0.0832. The highest BCUT2D eigenvalue weighted by molar-refractivity contribution is 5.99. The second-order valence-corrected chi connectivity index (χ2v) is 9.39. The van der Waals surface area contributed by atoms with Gasteiger partial charge in [0, 0.05) is 6.54 Å². The fourth-order valence-electron chi connectivity index (χ4n) is 5.15. The average molecular weight is 514 g/mol. The Hall–Kier alpha value is -4.26. The van der Waals surface area contributed by atoms with Crippen molar-refractivity contribution in [2.75, 3.05) is 20.3 Å². The first-order valence-electron chi connectivity index (χ1n) is 12.8. The summed E-state index contributed by atoms with van der Waals surface area (Å²) in [6.45, 7) is 8.86. The molecular weight excluding hydrogens is 482 g/mol. The zero-order chi connectivity index (χ0) is 27.0. The summed E-state index contributed by atoms with van der Waals surface area (Å²) >= 11 is 0. The summed E-state index contributed by atoms with van der Waals surface area (Å²) in [7, 11) is 1.61. The fourth-order valence-corrected chi connectivity index (χ4v) is 5.15. The van der Waals surface area contributed by atoms with Crippen molar-refractivity contribution in [2.24, 2.45) is 0 Å². The Labute approximate surface area is 221 Å². The van der Waals surface area contributed by atoms with Crippen LogP contribution in [0.4, 0.5) is 0 Å². The van der Waals surface area contributed by atoms with Crippen LogP contribution in [0.1, 0.15) is 58.3 Å². The minimum atomic E-state index is -0.657. The summed E-state index contributed by atoms with van der Waals surface area (Å²) in [6, 6.07) is 16.2. The largest absolute Gasteiger partial charge is 0.497 e. The van der Waals surface area contributed by atoms with Crippen molar-refractivity contribution in [1.29, 1.82) is 0 Å². The van der Waals surface area contributed by atoms with E-state index in [4.69, 9.17) is 18.6 Å². The number of hydrogen-bond acceptors (Lipinski definition) is 6. The first kappa shape index (κ1) is 25.4. The smallest absolute Gasteiger partial charge is 0.291 e. The Morgan fingerprint density at radius 3 is 2.29 bits per heavy atom. The number of benzene rings is 3. The lowest BCUT2D eigenvalue weighted by Crippen LogP contribution is -2.29. The van der Waals surface area contributed by atoms with Crippen LogP contribution in [0, 0.1) is 13.8 Å². The lowest BCUT2D eigenvalue weighted by molar-refractivity contribution is 0.0714. The van der Waals surface area contributed by atoms with Gasteiger partial charge in [-0.05, 0) is 80.3 Å². The summed E-state index contributed by atoms with van der Waals surface area (Å²) in [5.41, 5.74) is 4.00. The summed E-state index contributed by atoms with van der Waals surface area (Å²) in [5.74, 6) is 1.66. The van der Waals surface area contributed by atoms with Gasteiger partial charge in [-0.15, -0.1) is 0 Å². The lowest BCUT2D eigenvalue weighted by Gasteiger charge is -2.26. The molecule has 1 aliphatic rings. The molecule has 0 aliphatic carbocycles. The van der Waals surface area contributed by atoms with Crippen molar-refractivity contribution in [2.45, 2.75) is 40.3 Å². The van der Waals surface area contributed by atoms with Gasteiger partial charge in [-0.3, -0.25) is 9.59 Å². The maximum atomic E-state index is 14.0. The van der Waals surface area contributed by atoms with Crippen LogP contribution in [0.3, 0.4) is 0 Å². The molecule has 1 aliphatic heterocycles. The predicted octanol–water partition coefficient (Wildman–Crippen LogP) is 5.96. The molecule has 7 heteroatoms. The highest BCUT2D eigenvalue weighted by Crippen LogP contribution is 2.42. The third-order valence-corrected chi connectivity index (χ3v) is 6.79. The first-order valence-corrected chi connectivity index (χ1v) is 12.8. The fraction of sp³-hybridized carbons (Fsp3) is 0.290. The van der Waals surface area contributed by atoms with Crippen molar-refractivity contribution in [3.63, 3.8) is 0 Å². The number of rotatable bonds is 8. The van der Waals surface area contributed by atoms with E-state index in [2.05, 4.69) is 0 Å². The van der Waals surface area contributed by atoms with Gasteiger partial charge >= 0.3 is 0 Å². The van der Waals surface area contributed by atoms with Crippen molar-refractivity contribution in [3.8, 4) is 17.2 Å². The quantitative estimate of drug-likeness (QED) is 0.289. The molecule has 7 nitrogen and oxygen atoms in total. The standard InChI is InChI=1S/C31H31NO6/c1-6-36-24-13-10-21(16-25(24)37-7-2)27-26-28(33)23-15-18(3)14-19(4)29(23)38-30(26)31(34)32(27)17-20-8-11-22(35-5)12-9-20/h8-16,27H,6-7,17H2,1-5H3. The molecule has 5 rings (SSSR count). The molecule has 0 spiro atoms. The van der Waals surface area contributed by atoms with Gasteiger partial charge in [-0.2, -0.15) is 0 Å². The highest BCUT2D eigenvalue weighted by atomic mass is 16.5. The van der Waals surface area contributed by atoms with E-state index in [0.717, 1.165) is 28.0 Å². The monoisotopic (exact) mass is 513 g/mol. The van der Waals surface area contributed by atoms with Gasteiger partial charge in [-0.1, -0.05) is 24.3 Å². The number of aryl methyl sites for hydroxylation is 2.